The summed E-state index contributed by atoms with van der Waals surface area (Å²) in [5.74, 6) is 0.887. The van der Waals surface area contributed by atoms with Gasteiger partial charge in [-0.1, -0.05) is 41.6 Å². The van der Waals surface area contributed by atoms with E-state index in [-0.39, 0.29) is 4.87 Å². The number of rotatable bonds is 2. The van der Waals surface area contributed by atoms with Crippen molar-refractivity contribution in [2.75, 3.05) is 0 Å². The van der Waals surface area contributed by atoms with Gasteiger partial charge in [0.25, 0.3) is 0 Å². The van der Waals surface area contributed by atoms with E-state index in [0.29, 0.717) is 0 Å². The van der Waals surface area contributed by atoms with Crippen molar-refractivity contribution in [2.24, 2.45) is 5.10 Å². The second-order valence-electron chi connectivity index (χ2n) is 4.51. The molecule has 0 bridgehead atoms. The highest BCUT2D eigenvalue weighted by molar-refractivity contribution is 8.15. The number of aryl methyl sites for hydroxylation is 1. The minimum Gasteiger partial charge on any atom is -0.466 e. The summed E-state index contributed by atoms with van der Waals surface area (Å²) in [7, 11) is 0. The minimum atomic E-state index is -0.316. The van der Waals surface area contributed by atoms with Gasteiger partial charge in [0.05, 0.1) is 6.26 Å². The molecule has 1 aliphatic heterocycles. The molecule has 3 nitrogen and oxygen atoms in total. The molecule has 2 heterocycles. The van der Waals surface area contributed by atoms with E-state index in [1.807, 2.05) is 12.1 Å². The Morgan fingerprint density at radius 3 is 2.67 bits per heavy atom. The molecule has 3 rings (SSSR count). The third-order valence-corrected chi connectivity index (χ3v) is 4.18. The summed E-state index contributed by atoms with van der Waals surface area (Å²) in [4.78, 5) is -0.316. The molecule has 1 aromatic carbocycles. The number of hydrogen-bond acceptors (Lipinski definition) is 4. The van der Waals surface area contributed by atoms with Gasteiger partial charge in [-0.2, -0.15) is 5.10 Å². The van der Waals surface area contributed by atoms with Gasteiger partial charge in [-0.05, 0) is 26.0 Å². The van der Waals surface area contributed by atoms with Crippen LogP contribution in [0.15, 0.2) is 52.2 Å². The largest absolute Gasteiger partial charge is 0.466 e. The van der Waals surface area contributed by atoms with Gasteiger partial charge >= 0.3 is 0 Å². The van der Waals surface area contributed by atoms with E-state index in [4.69, 9.17) is 4.42 Å². The third-order valence-electron chi connectivity index (χ3n) is 2.96. The molecule has 0 saturated heterocycles. The zero-order valence-corrected chi connectivity index (χ0v) is 11.1. The highest BCUT2D eigenvalue weighted by Gasteiger charge is 2.36. The van der Waals surface area contributed by atoms with E-state index >= 15 is 0 Å². The van der Waals surface area contributed by atoms with E-state index in [9.17, 15) is 0 Å². The van der Waals surface area contributed by atoms with Gasteiger partial charge in [-0.15, -0.1) is 0 Å². The summed E-state index contributed by atoms with van der Waals surface area (Å²) in [6.45, 7) is 4.15. The lowest BCUT2D eigenvalue weighted by Crippen LogP contribution is -2.27. The number of hydrazone groups is 1. The molecule has 0 saturated carbocycles. The molecule has 92 valence electrons. The molecule has 2 aromatic rings. The molecule has 1 aliphatic rings. The normalized spacial score (nSPS) is 22.7. The summed E-state index contributed by atoms with van der Waals surface area (Å²) in [6.07, 6.45) is 1.69. The highest BCUT2D eigenvalue weighted by atomic mass is 32.2. The number of nitrogens with one attached hydrogen (secondary N) is 1. The van der Waals surface area contributed by atoms with Gasteiger partial charge in [-0.25, -0.2) is 0 Å². The van der Waals surface area contributed by atoms with Gasteiger partial charge < -0.3 is 4.42 Å². The zero-order chi connectivity index (χ0) is 12.6. The Hall–Kier alpha value is -1.68. The SMILES string of the molecule is Cc1ccc(C2=NNC(C)(c3ccco3)S2)cc1. The average Bonchev–Trinajstić information content (AvgIpc) is 3.00. The van der Waals surface area contributed by atoms with E-state index in [1.54, 1.807) is 18.0 Å². The van der Waals surface area contributed by atoms with Gasteiger partial charge in [0.1, 0.15) is 10.8 Å². The van der Waals surface area contributed by atoms with Gasteiger partial charge in [0.15, 0.2) is 4.87 Å². The first-order chi connectivity index (χ1) is 8.67. The highest BCUT2D eigenvalue weighted by Crippen LogP contribution is 2.40. The Morgan fingerprint density at radius 2 is 2.00 bits per heavy atom. The number of thioether (sulfide) groups is 1. The van der Waals surface area contributed by atoms with Crippen LogP contribution in [0.3, 0.4) is 0 Å². The maximum absolute atomic E-state index is 5.47. The van der Waals surface area contributed by atoms with Crippen LogP contribution in [0, 0.1) is 6.92 Å². The molecule has 1 atom stereocenters. The van der Waals surface area contributed by atoms with E-state index < -0.39 is 0 Å². The lowest BCUT2D eigenvalue weighted by molar-refractivity contribution is 0.414. The summed E-state index contributed by atoms with van der Waals surface area (Å²) in [5, 5.41) is 5.41. The van der Waals surface area contributed by atoms with Gasteiger partial charge in [-0.3, -0.25) is 5.43 Å². The molecular weight excluding hydrogens is 244 g/mol. The Balaban J connectivity index is 1.84. The summed E-state index contributed by atoms with van der Waals surface area (Å²) in [6, 6.07) is 12.2. The molecule has 0 amide bonds. The lowest BCUT2D eigenvalue weighted by Gasteiger charge is -2.19. The molecule has 0 fully saturated rings. The van der Waals surface area contributed by atoms with Crippen LogP contribution in [0.1, 0.15) is 23.8 Å². The molecular formula is C14H14N2OS. The average molecular weight is 258 g/mol. The predicted molar refractivity (Wildman–Crippen MR) is 74.5 cm³/mol. The summed E-state index contributed by atoms with van der Waals surface area (Å²) in [5.41, 5.74) is 5.54. The second-order valence-corrected chi connectivity index (χ2v) is 5.91. The Kier molecular flexibility index (Phi) is 2.67. The summed E-state index contributed by atoms with van der Waals surface area (Å²) < 4.78 is 5.47. The van der Waals surface area contributed by atoms with Crippen LogP contribution in [0.4, 0.5) is 0 Å². The van der Waals surface area contributed by atoms with Gasteiger partial charge in [0, 0.05) is 5.56 Å². The number of hydrogen-bond donors (Lipinski definition) is 1. The van der Waals surface area contributed by atoms with Crippen LogP contribution in [0.5, 0.6) is 0 Å². The van der Waals surface area contributed by atoms with Crippen molar-refractivity contribution >= 4 is 16.8 Å². The van der Waals surface area contributed by atoms with Crippen molar-refractivity contribution in [3.63, 3.8) is 0 Å². The molecule has 1 unspecified atom stereocenters. The number of benzene rings is 1. The lowest BCUT2D eigenvalue weighted by atomic mass is 10.2. The quantitative estimate of drug-likeness (QED) is 0.896. The van der Waals surface area contributed by atoms with Crippen molar-refractivity contribution in [1.82, 2.24) is 5.43 Å². The van der Waals surface area contributed by atoms with Crippen LogP contribution < -0.4 is 5.43 Å². The molecule has 1 N–H and O–H groups in total. The molecule has 0 radical (unpaired) electrons. The van der Waals surface area contributed by atoms with E-state index in [0.717, 1.165) is 16.4 Å². The number of furan rings is 1. The first-order valence-corrected chi connectivity index (χ1v) is 6.64. The fourth-order valence-electron chi connectivity index (χ4n) is 1.87. The predicted octanol–water partition coefficient (Wildman–Crippen LogP) is 3.46. The Morgan fingerprint density at radius 1 is 1.22 bits per heavy atom. The number of nitrogens with zero attached hydrogens (tertiary/aromatic N) is 1. The standard InChI is InChI=1S/C14H14N2OS/c1-10-5-7-11(8-6-10)13-15-16-14(2,18-13)12-4-3-9-17-12/h3-9,16H,1-2H3. The second kappa shape index (κ2) is 4.21. The maximum atomic E-state index is 5.47. The Bertz CT molecular complexity index is 574. The molecule has 0 spiro atoms. The first kappa shape index (κ1) is 11.4. The fraction of sp³-hybridized carbons (Fsp3) is 0.214. The van der Waals surface area contributed by atoms with E-state index in [1.165, 1.54) is 5.56 Å². The van der Waals surface area contributed by atoms with Crippen LogP contribution in [-0.2, 0) is 4.87 Å². The molecule has 4 heteroatoms. The van der Waals surface area contributed by atoms with Gasteiger partial charge in [0.2, 0.25) is 0 Å². The van der Waals surface area contributed by atoms with Crippen LogP contribution in [0.2, 0.25) is 0 Å². The smallest absolute Gasteiger partial charge is 0.160 e. The van der Waals surface area contributed by atoms with Crippen molar-refractivity contribution in [3.05, 3.63) is 59.5 Å². The van der Waals surface area contributed by atoms with Crippen LogP contribution in [0.25, 0.3) is 0 Å². The van der Waals surface area contributed by atoms with Crippen molar-refractivity contribution in [1.29, 1.82) is 0 Å². The van der Waals surface area contributed by atoms with Crippen LogP contribution in [-0.4, -0.2) is 5.04 Å². The monoisotopic (exact) mass is 258 g/mol. The zero-order valence-electron chi connectivity index (χ0n) is 10.3. The minimum absolute atomic E-state index is 0.316. The van der Waals surface area contributed by atoms with Crippen molar-refractivity contribution in [3.8, 4) is 0 Å². The third kappa shape index (κ3) is 1.93. The van der Waals surface area contributed by atoms with Crippen molar-refractivity contribution < 1.29 is 4.42 Å². The first-order valence-electron chi connectivity index (χ1n) is 5.82. The molecule has 1 aromatic heterocycles. The topological polar surface area (TPSA) is 37.5 Å². The fourth-order valence-corrected chi connectivity index (χ4v) is 2.91. The van der Waals surface area contributed by atoms with Crippen molar-refractivity contribution in [2.45, 2.75) is 18.7 Å². The molecule has 18 heavy (non-hydrogen) atoms. The summed E-state index contributed by atoms with van der Waals surface area (Å²) >= 11 is 1.67. The Labute approximate surface area is 110 Å². The van der Waals surface area contributed by atoms with E-state index in [2.05, 4.69) is 48.6 Å². The molecule has 0 aliphatic carbocycles. The van der Waals surface area contributed by atoms with Crippen LogP contribution >= 0.6 is 11.8 Å². The maximum Gasteiger partial charge on any atom is 0.160 e.